The maximum Gasteiger partial charge on any atom is 0.517 e. The molecule has 1 unspecified atom stereocenters. The van der Waals surface area contributed by atoms with E-state index in [0.717, 1.165) is 5.56 Å². The van der Waals surface area contributed by atoms with Crippen LogP contribution in [0.25, 0.3) is 5.69 Å². The van der Waals surface area contributed by atoms with Gasteiger partial charge in [0.05, 0.1) is 12.2 Å². The molecule has 2 N–H and O–H groups in total. The third kappa shape index (κ3) is 4.25. The van der Waals surface area contributed by atoms with Crippen LogP contribution in [0.3, 0.4) is 0 Å². The summed E-state index contributed by atoms with van der Waals surface area (Å²) in [5.74, 6) is -0.581. The molecule has 2 amide bonds. The highest BCUT2D eigenvalue weighted by Gasteiger charge is 2.57. The zero-order valence-electron chi connectivity index (χ0n) is 17.0. The molecule has 1 saturated heterocycles. The largest absolute Gasteiger partial charge is 0.517 e. The summed E-state index contributed by atoms with van der Waals surface area (Å²) in [6.45, 7) is 7.94. The van der Waals surface area contributed by atoms with Gasteiger partial charge in [-0.25, -0.2) is 9.16 Å². The van der Waals surface area contributed by atoms with Crippen molar-refractivity contribution in [3.63, 3.8) is 0 Å². The Labute approximate surface area is 174 Å². The lowest BCUT2D eigenvalue weighted by atomic mass is 10.0. The van der Waals surface area contributed by atoms with E-state index in [-0.39, 0.29) is 16.9 Å². The van der Waals surface area contributed by atoms with Crippen molar-refractivity contribution in [1.29, 1.82) is 0 Å². The zero-order chi connectivity index (χ0) is 21.4. The van der Waals surface area contributed by atoms with Crippen LogP contribution in [0.4, 0.5) is 4.79 Å². The second-order valence-corrected chi connectivity index (χ2v) is 8.97. The molecule has 2 aromatic rings. The van der Waals surface area contributed by atoms with Crippen molar-refractivity contribution in [2.75, 3.05) is 6.54 Å². The highest BCUT2D eigenvalue weighted by molar-refractivity contribution is 6.30. The number of tetrazole rings is 1. The number of hydrogen-bond acceptors (Lipinski definition) is 6. The Balaban J connectivity index is 2.11. The molecule has 156 valence electrons. The number of carbonyl (C=O) groups is 2. The number of aromatic nitrogens is 4. The van der Waals surface area contributed by atoms with Crippen molar-refractivity contribution in [1.82, 2.24) is 20.2 Å². The summed E-state index contributed by atoms with van der Waals surface area (Å²) in [4.78, 5) is 25.8. The molecule has 9 nitrogen and oxygen atoms in total. The van der Waals surface area contributed by atoms with Crippen LogP contribution in [0.15, 0.2) is 24.5 Å². The maximum absolute atomic E-state index is 13.4. The summed E-state index contributed by atoms with van der Waals surface area (Å²) in [6, 6.07) is 4.55. The second kappa shape index (κ2) is 7.72. The van der Waals surface area contributed by atoms with Crippen LogP contribution in [0, 0.1) is 5.92 Å². The van der Waals surface area contributed by atoms with Gasteiger partial charge in [0.25, 0.3) is 5.91 Å². The van der Waals surface area contributed by atoms with Crippen LogP contribution in [-0.4, -0.2) is 54.9 Å². The molecule has 10 heteroatoms. The Kier molecular flexibility index (Phi) is 5.64. The molecule has 1 aromatic heterocycles. The van der Waals surface area contributed by atoms with Gasteiger partial charge in [-0.1, -0.05) is 18.5 Å². The fourth-order valence-corrected chi connectivity index (χ4v) is 4.22. The minimum Gasteiger partial charge on any atom is -0.414 e. The van der Waals surface area contributed by atoms with Gasteiger partial charge >= 0.3 is 6.09 Å². The van der Waals surface area contributed by atoms with Crippen molar-refractivity contribution >= 4 is 23.6 Å². The van der Waals surface area contributed by atoms with Gasteiger partial charge in [-0.15, -0.1) is 5.10 Å². The van der Waals surface area contributed by atoms with Crippen LogP contribution >= 0.6 is 11.6 Å². The van der Waals surface area contributed by atoms with Gasteiger partial charge in [-0.05, 0) is 49.4 Å². The van der Waals surface area contributed by atoms with Crippen LogP contribution in [0.2, 0.25) is 5.02 Å². The van der Waals surface area contributed by atoms with Gasteiger partial charge in [0.1, 0.15) is 18.5 Å². The maximum atomic E-state index is 13.4. The summed E-state index contributed by atoms with van der Waals surface area (Å²) >= 11 is 6.25. The lowest BCUT2D eigenvalue weighted by molar-refractivity contribution is -0.876. The number of halogens is 1. The van der Waals surface area contributed by atoms with Gasteiger partial charge in [-0.3, -0.25) is 4.79 Å². The molecule has 1 aliphatic rings. The summed E-state index contributed by atoms with van der Waals surface area (Å²) in [5.41, 5.74) is 6.44. The lowest BCUT2D eigenvalue weighted by Gasteiger charge is -2.37. The predicted molar refractivity (Wildman–Crippen MR) is 106 cm³/mol. The van der Waals surface area contributed by atoms with Crippen molar-refractivity contribution in [3.05, 3.63) is 35.1 Å². The zero-order valence-corrected chi connectivity index (χ0v) is 17.8. The minimum atomic E-state index is -0.705. The first-order chi connectivity index (χ1) is 13.5. The smallest absolute Gasteiger partial charge is 0.414 e. The van der Waals surface area contributed by atoms with E-state index < -0.39 is 23.6 Å². The number of quaternary nitrogens is 1. The van der Waals surface area contributed by atoms with Gasteiger partial charge in [0.2, 0.25) is 0 Å². The van der Waals surface area contributed by atoms with E-state index in [9.17, 15) is 9.59 Å². The third-order valence-electron chi connectivity index (χ3n) is 5.19. The SMILES string of the molecule is C[C@@H]1CC[N+](Cc2cc(Cl)ccc2-n2cnnn2)(C(=O)OC(C)(C)C)[C@@H]1C(N)=O. The van der Waals surface area contributed by atoms with Gasteiger partial charge < -0.3 is 10.5 Å². The summed E-state index contributed by atoms with van der Waals surface area (Å²) in [6.07, 6.45) is 1.66. The topological polar surface area (TPSA) is 113 Å². The molecule has 3 rings (SSSR count). The Morgan fingerprint density at radius 1 is 1.38 bits per heavy atom. The van der Waals surface area contributed by atoms with E-state index in [1.165, 1.54) is 11.0 Å². The van der Waals surface area contributed by atoms with Crippen molar-refractivity contribution in [3.8, 4) is 5.69 Å². The monoisotopic (exact) mass is 421 g/mol. The van der Waals surface area contributed by atoms with Gasteiger partial charge in [0, 0.05) is 22.9 Å². The molecular formula is C19H26ClN6O3+. The Morgan fingerprint density at radius 3 is 2.69 bits per heavy atom. The molecule has 0 saturated carbocycles. The number of nitrogens with two attached hydrogens (primary N) is 1. The van der Waals surface area contributed by atoms with Crippen LogP contribution < -0.4 is 5.73 Å². The fraction of sp³-hybridized carbons (Fsp3) is 0.526. The number of nitrogens with zero attached hydrogens (tertiary/aromatic N) is 5. The highest BCUT2D eigenvalue weighted by Crippen LogP contribution is 2.37. The molecule has 29 heavy (non-hydrogen) atoms. The van der Waals surface area contributed by atoms with Crippen LogP contribution in [-0.2, 0) is 16.1 Å². The van der Waals surface area contributed by atoms with E-state index in [0.29, 0.717) is 23.7 Å². The van der Waals surface area contributed by atoms with Gasteiger partial charge in [0.15, 0.2) is 6.04 Å². The highest BCUT2D eigenvalue weighted by atomic mass is 35.5. The fourth-order valence-electron chi connectivity index (χ4n) is 4.02. The van der Waals surface area contributed by atoms with E-state index in [1.54, 1.807) is 39.0 Å². The number of rotatable bonds is 4. The Bertz CT molecular complexity index is 911. The Hall–Kier alpha value is -2.52. The number of ether oxygens (including phenoxy) is 1. The number of hydrogen-bond donors (Lipinski definition) is 1. The number of carbonyl (C=O) groups excluding carboxylic acids is 2. The summed E-state index contributed by atoms with van der Waals surface area (Å²) in [7, 11) is 0. The average Bonchev–Trinajstić information content (AvgIpc) is 3.22. The first-order valence-corrected chi connectivity index (χ1v) is 9.83. The molecule has 0 radical (unpaired) electrons. The summed E-state index contributed by atoms with van der Waals surface area (Å²) in [5, 5.41) is 11.8. The molecule has 1 fully saturated rings. The molecule has 0 spiro atoms. The second-order valence-electron chi connectivity index (χ2n) is 8.54. The molecule has 0 aliphatic carbocycles. The molecular weight excluding hydrogens is 396 g/mol. The quantitative estimate of drug-likeness (QED) is 0.758. The van der Waals surface area contributed by atoms with Gasteiger partial charge in [-0.2, -0.15) is 4.79 Å². The minimum absolute atomic E-state index is 0.0595. The predicted octanol–water partition coefficient (Wildman–Crippen LogP) is 2.46. The van der Waals surface area contributed by atoms with Crippen molar-refractivity contribution in [2.45, 2.75) is 52.3 Å². The molecule has 1 aromatic carbocycles. The number of primary amides is 1. The van der Waals surface area contributed by atoms with Crippen LogP contribution in [0.5, 0.6) is 0 Å². The molecule has 2 heterocycles. The molecule has 1 aliphatic heterocycles. The summed E-state index contributed by atoms with van der Waals surface area (Å²) < 4.78 is 7.01. The average molecular weight is 422 g/mol. The Morgan fingerprint density at radius 2 is 2.10 bits per heavy atom. The lowest BCUT2D eigenvalue weighted by Crippen LogP contribution is -2.62. The number of likely N-dealkylation sites (tertiary alicyclic amines) is 1. The van der Waals surface area contributed by atoms with Crippen LogP contribution in [0.1, 0.15) is 39.7 Å². The third-order valence-corrected chi connectivity index (χ3v) is 5.43. The van der Waals surface area contributed by atoms with E-state index >= 15 is 0 Å². The first kappa shape index (κ1) is 21.2. The van der Waals surface area contributed by atoms with Crippen molar-refractivity contribution < 1.29 is 18.8 Å². The standard InChI is InChI=1S/C19H25ClN6O3/c1-12-7-8-26(16(12)17(21)27,18(28)29-19(2,3)4)10-13-9-14(20)5-6-15(13)25-11-22-23-24-25/h5-6,9,11-12,16H,7-8,10H2,1-4H3,(H-,21,27)/p+1/t12-,16+,26?/m1/s1. The van der Waals surface area contributed by atoms with Crippen molar-refractivity contribution in [2.24, 2.45) is 11.7 Å². The molecule has 3 atom stereocenters. The number of amides is 2. The normalized spacial score (nSPS) is 24.4. The van der Waals surface area contributed by atoms with E-state index in [2.05, 4.69) is 15.5 Å². The van der Waals surface area contributed by atoms with E-state index in [4.69, 9.17) is 22.1 Å². The first-order valence-electron chi connectivity index (χ1n) is 9.45. The van der Waals surface area contributed by atoms with E-state index in [1.807, 2.05) is 6.92 Å². The molecule has 0 bridgehead atoms. The number of benzene rings is 1.